The highest BCUT2D eigenvalue weighted by Gasteiger charge is 2.71. The minimum Gasteiger partial charge on any atom is -0.269 e. The van der Waals surface area contributed by atoms with Crippen molar-refractivity contribution in [3.63, 3.8) is 0 Å². The first kappa shape index (κ1) is 22.3. The summed E-state index contributed by atoms with van der Waals surface area (Å²) in [5.41, 5.74) is -1.75. The van der Waals surface area contributed by atoms with Crippen molar-refractivity contribution >= 4 is 15.2 Å². The van der Waals surface area contributed by atoms with Crippen LogP contribution in [-0.2, 0) is 9.13 Å². The van der Waals surface area contributed by atoms with Crippen LogP contribution in [-0.4, -0.2) is 31.0 Å². The Morgan fingerprint density at radius 3 is 0.875 bits per heavy atom. The van der Waals surface area contributed by atoms with Crippen LogP contribution in [0.15, 0.2) is 0 Å². The molecule has 1 rings (SSSR count). The summed E-state index contributed by atoms with van der Waals surface area (Å²) >= 11 is 0. The van der Waals surface area contributed by atoms with Gasteiger partial charge in [-0.15, -0.1) is 8.88 Å². The summed E-state index contributed by atoms with van der Waals surface area (Å²) in [5, 5.41) is 6.56. The van der Waals surface area contributed by atoms with Gasteiger partial charge >= 0.3 is 15.2 Å². The molecular weight excluding hydrogens is 342 g/mol. The molecule has 0 bridgehead atoms. The lowest BCUT2D eigenvalue weighted by molar-refractivity contribution is 0.202. The number of hydrogen-bond donors (Lipinski definition) is 2. The molecule has 2 N–H and O–H groups in total. The van der Waals surface area contributed by atoms with E-state index in [1.54, 1.807) is 8.88 Å². The highest BCUT2D eigenvalue weighted by molar-refractivity contribution is 7.86. The molecule has 1 saturated heterocycles. The molecule has 0 aromatic rings. The third kappa shape index (κ3) is 4.34. The number of hydrogen-bond acceptors (Lipinski definition) is 2. The lowest BCUT2D eigenvalue weighted by atomic mass is 10.1. The molecule has 1 aliphatic rings. The molecule has 0 unspecified atom stereocenters. The first-order chi connectivity index (χ1) is 10.1. The zero-order valence-corrected chi connectivity index (χ0v) is 19.4. The Kier molecular flexibility index (Phi) is 5.50. The van der Waals surface area contributed by atoms with E-state index >= 15 is 0 Å². The molecule has 1 fully saturated rings. The normalized spacial score (nSPS) is 31.2. The van der Waals surface area contributed by atoms with Gasteiger partial charge in [0.15, 0.2) is 0 Å². The van der Waals surface area contributed by atoms with Crippen molar-refractivity contribution in [1.29, 1.82) is 0 Å². The van der Waals surface area contributed by atoms with Gasteiger partial charge in [0.1, 0.15) is 0 Å². The van der Waals surface area contributed by atoms with Gasteiger partial charge in [-0.3, -0.25) is 9.13 Å². The third-order valence-corrected chi connectivity index (χ3v) is 12.5. The second-order valence-corrected chi connectivity index (χ2v) is 15.6. The molecule has 144 valence electrons. The van der Waals surface area contributed by atoms with Crippen molar-refractivity contribution in [3.05, 3.63) is 0 Å². The molecule has 6 nitrogen and oxygen atoms in total. The molecular formula is C16H38N4O2P2. The Labute approximate surface area is 149 Å². The average molecular weight is 380 g/mol. The SMILES string of the molecule is CC(C)(C)NP1(=O)N(C(C)(C)C)P(=O)(NC(C)(C)C)N1C(C)(C)C. The van der Waals surface area contributed by atoms with E-state index in [0.717, 1.165) is 0 Å². The second kappa shape index (κ2) is 5.90. The first-order valence-electron chi connectivity index (χ1n) is 8.56. The average Bonchev–Trinajstić information content (AvgIpc) is 2.00. The maximum absolute atomic E-state index is 14.1. The van der Waals surface area contributed by atoms with Gasteiger partial charge in [0.05, 0.1) is 0 Å². The highest BCUT2D eigenvalue weighted by atomic mass is 31.3. The van der Waals surface area contributed by atoms with Crippen LogP contribution >= 0.6 is 15.2 Å². The third-order valence-electron chi connectivity index (χ3n) is 3.19. The quantitative estimate of drug-likeness (QED) is 0.643. The lowest BCUT2D eigenvalue weighted by Crippen LogP contribution is -2.65. The lowest BCUT2D eigenvalue weighted by Gasteiger charge is -2.65. The number of rotatable bonds is 2. The summed E-state index contributed by atoms with van der Waals surface area (Å²) in [4.78, 5) is 0. The summed E-state index contributed by atoms with van der Waals surface area (Å²) in [6.07, 6.45) is 0. The van der Waals surface area contributed by atoms with Crippen LogP contribution in [0.4, 0.5) is 0 Å². The fourth-order valence-corrected chi connectivity index (χ4v) is 12.5. The summed E-state index contributed by atoms with van der Waals surface area (Å²) in [6.45, 7) is 23.6. The molecule has 1 aliphatic heterocycles. The van der Waals surface area contributed by atoms with Gasteiger partial charge in [-0.05, 0) is 83.1 Å². The van der Waals surface area contributed by atoms with Crippen molar-refractivity contribution < 1.29 is 9.13 Å². The molecule has 0 aromatic carbocycles. The fraction of sp³-hybridized carbons (Fsp3) is 1.00. The topological polar surface area (TPSA) is 64.7 Å². The van der Waals surface area contributed by atoms with Crippen LogP contribution in [0.1, 0.15) is 83.1 Å². The molecule has 0 saturated carbocycles. The fourth-order valence-electron chi connectivity index (χ4n) is 3.15. The van der Waals surface area contributed by atoms with E-state index in [1.807, 2.05) is 83.1 Å². The van der Waals surface area contributed by atoms with E-state index < -0.39 is 26.3 Å². The van der Waals surface area contributed by atoms with E-state index in [1.165, 1.54) is 0 Å². The van der Waals surface area contributed by atoms with Gasteiger partial charge in [0.2, 0.25) is 0 Å². The van der Waals surface area contributed by atoms with E-state index in [2.05, 4.69) is 10.2 Å². The Hall–Kier alpha value is 0.300. The van der Waals surface area contributed by atoms with Crippen LogP contribution in [0.3, 0.4) is 0 Å². The van der Waals surface area contributed by atoms with Crippen molar-refractivity contribution in [2.45, 2.75) is 105 Å². The van der Waals surface area contributed by atoms with Crippen LogP contribution in [0.5, 0.6) is 0 Å². The van der Waals surface area contributed by atoms with Gasteiger partial charge in [-0.2, -0.15) is 0 Å². The minimum absolute atomic E-state index is 0.366. The van der Waals surface area contributed by atoms with Gasteiger partial charge in [0, 0.05) is 22.2 Å². The molecule has 0 spiro atoms. The zero-order chi connectivity index (χ0) is 19.6. The minimum atomic E-state index is -3.19. The van der Waals surface area contributed by atoms with E-state index in [9.17, 15) is 9.13 Å². The Morgan fingerprint density at radius 2 is 0.750 bits per heavy atom. The predicted octanol–water partition coefficient (Wildman–Crippen LogP) is 5.19. The van der Waals surface area contributed by atoms with Crippen LogP contribution in [0.2, 0.25) is 0 Å². The molecule has 0 amide bonds. The predicted molar refractivity (Wildman–Crippen MR) is 104 cm³/mol. The second-order valence-electron chi connectivity index (χ2n) is 10.7. The van der Waals surface area contributed by atoms with Crippen molar-refractivity contribution in [3.8, 4) is 0 Å². The van der Waals surface area contributed by atoms with Crippen LogP contribution < -0.4 is 10.2 Å². The van der Waals surface area contributed by atoms with Crippen LogP contribution in [0, 0.1) is 0 Å². The molecule has 24 heavy (non-hydrogen) atoms. The van der Waals surface area contributed by atoms with Gasteiger partial charge < -0.3 is 0 Å². The maximum atomic E-state index is 14.1. The van der Waals surface area contributed by atoms with Gasteiger partial charge in [-0.25, -0.2) is 10.2 Å². The van der Waals surface area contributed by atoms with Crippen molar-refractivity contribution in [2.75, 3.05) is 0 Å². The van der Waals surface area contributed by atoms with Crippen molar-refractivity contribution in [1.82, 2.24) is 19.1 Å². The van der Waals surface area contributed by atoms with Gasteiger partial charge in [0.25, 0.3) is 0 Å². The summed E-state index contributed by atoms with van der Waals surface area (Å²) in [6, 6.07) is 0. The number of nitrogens with zero attached hydrogens (tertiary/aromatic N) is 2. The van der Waals surface area contributed by atoms with Gasteiger partial charge in [-0.1, -0.05) is 0 Å². The monoisotopic (exact) mass is 380 g/mol. The van der Waals surface area contributed by atoms with Crippen molar-refractivity contribution in [2.24, 2.45) is 0 Å². The summed E-state index contributed by atoms with van der Waals surface area (Å²) < 4.78 is 31.5. The molecule has 0 aliphatic carbocycles. The number of nitrogens with one attached hydrogen (secondary N) is 2. The summed E-state index contributed by atoms with van der Waals surface area (Å²) in [7, 11) is -6.39. The highest BCUT2D eigenvalue weighted by Crippen LogP contribution is 2.87. The molecule has 1 heterocycles. The Morgan fingerprint density at radius 1 is 0.542 bits per heavy atom. The Balaban J connectivity index is 3.58. The maximum Gasteiger partial charge on any atom is 0.301 e. The largest absolute Gasteiger partial charge is 0.301 e. The van der Waals surface area contributed by atoms with E-state index in [-0.39, 0.29) is 11.1 Å². The zero-order valence-electron chi connectivity index (χ0n) is 17.6. The standard InChI is InChI=1S/C16H38N4O2P2/c1-13(2,3)17-23(21)19(15(7,8)9)24(22,18-14(4,5)6)20(23)16(10,11)12/h1-12H3,(H,17,21)(H,18,22). The molecule has 0 radical (unpaired) electrons. The summed E-state index contributed by atoms with van der Waals surface area (Å²) in [5.74, 6) is 0. The molecule has 0 aromatic heterocycles. The molecule has 8 heteroatoms. The molecule has 0 atom stereocenters. The van der Waals surface area contributed by atoms with E-state index in [0.29, 0.717) is 0 Å². The smallest absolute Gasteiger partial charge is 0.269 e. The van der Waals surface area contributed by atoms with Crippen LogP contribution in [0.25, 0.3) is 0 Å². The first-order valence-corrected chi connectivity index (χ1v) is 11.8. The Bertz CT molecular complexity index is 509. The van der Waals surface area contributed by atoms with E-state index in [4.69, 9.17) is 0 Å².